The van der Waals surface area contributed by atoms with Gasteiger partial charge in [0.1, 0.15) is 0 Å². The fourth-order valence-electron chi connectivity index (χ4n) is 5.66. The van der Waals surface area contributed by atoms with Crippen LogP contribution in [0.1, 0.15) is 25.0 Å². The van der Waals surface area contributed by atoms with E-state index < -0.39 is 0 Å². The zero-order chi connectivity index (χ0) is 26.1. The summed E-state index contributed by atoms with van der Waals surface area (Å²) in [6.07, 6.45) is 8.40. The van der Waals surface area contributed by atoms with E-state index >= 15 is 0 Å². The van der Waals surface area contributed by atoms with Crippen molar-refractivity contribution in [3.63, 3.8) is 0 Å². The first-order valence-corrected chi connectivity index (χ1v) is 13.2. The smallest absolute Gasteiger partial charge is 0.0355 e. The van der Waals surface area contributed by atoms with E-state index in [1.165, 1.54) is 66.1 Å². The molecule has 1 heteroatoms. The number of allylic oxidation sites excluding steroid dienone is 5. The summed E-state index contributed by atoms with van der Waals surface area (Å²) in [4.78, 5) is 0. The SMILES string of the molecule is C=C/C(=C\C)c1ccc(-c2c3ccccc3c(-c3ccc(C4=CNCC(C)=C4)cc3)c3ccccc23)cc1. The van der Waals surface area contributed by atoms with Crippen LogP contribution in [0.15, 0.2) is 134 Å². The molecule has 0 atom stereocenters. The van der Waals surface area contributed by atoms with Gasteiger partial charge >= 0.3 is 0 Å². The summed E-state index contributed by atoms with van der Waals surface area (Å²) in [6, 6.07) is 35.5. The molecule has 0 aliphatic carbocycles. The summed E-state index contributed by atoms with van der Waals surface area (Å²) >= 11 is 0. The molecule has 0 saturated carbocycles. The highest BCUT2D eigenvalue weighted by atomic mass is 14.8. The van der Waals surface area contributed by atoms with Gasteiger partial charge in [0.2, 0.25) is 0 Å². The molecule has 0 radical (unpaired) electrons. The molecule has 0 amide bonds. The molecule has 1 heterocycles. The summed E-state index contributed by atoms with van der Waals surface area (Å²) in [7, 11) is 0. The molecule has 184 valence electrons. The summed E-state index contributed by atoms with van der Waals surface area (Å²) in [5.74, 6) is 0. The summed E-state index contributed by atoms with van der Waals surface area (Å²) in [6.45, 7) is 9.10. The number of rotatable bonds is 5. The monoisotopic (exact) mass is 489 g/mol. The zero-order valence-electron chi connectivity index (χ0n) is 22.0. The van der Waals surface area contributed by atoms with E-state index in [-0.39, 0.29) is 0 Å². The fourth-order valence-corrected chi connectivity index (χ4v) is 5.66. The lowest BCUT2D eigenvalue weighted by atomic mass is 9.85. The molecule has 1 aliphatic heterocycles. The molecule has 1 aliphatic rings. The number of benzene rings is 5. The Labute approximate surface area is 225 Å². The van der Waals surface area contributed by atoms with Crippen LogP contribution >= 0.6 is 0 Å². The minimum Gasteiger partial charge on any atom is -0.387 e. The highest BCUT2D eigenvalue weighted by Crippen LogP contribution is 2.43. The number of fused-ring (bicyclic) bond motifs is 2. The first kappa shape index (κ1) is 23.8. The number of hydrogen-bond donors (Lipinski definition) is 1. The minimum atomic E-state index is 0.916. The first-order valence-electron chi connectivity index (χ1n) is 13.2. The van der Waals surface area contributed by atoms with E-state index in [0.29, 0.717) is 0 Å². The number of nitrogens with one attached hydrogen (secondary N) is 1. The van der Waals surface area contributed by atoms with Gasteiger partial charge in [0.05, 0.1) is 0 Å². The van der Waals surface area contributed by atoms with E-state index in [9.17, 15) is 0 Å². The van der Waals surface area contributed by atoms with Crippen molar-refractivity contribution in [2.24, 2.45) is 0 Å². The Morgan fingerprint density at radius 1 is 0.684 bits per heavy atom. The van der Waals surface area contributed by atoms with E-state index in [2.05, 4.69) is 141 Å². The van der Waals surface area contributed by atoms with Crippen LogP contribution in [0.25, 0.3) is 54.9 Å². The molecule has 0 spiro atoms. The van der Waals surface area contributed by atoms with Crippen molar-refractivity contribution in [3.05, 3.63) is 145 Å². The lowest BCUT2D eigenvalue weighted by molar-refractivity contribution is 0.925. The van der Waals surface area contributed by atoms with Crippen molar-refractivity contribution < 1.29 is 0 Å². The van der Waals surface area contributed by atoms with Crippen LogP contribution in [0.3, 0.4) is 0 Å². The van der Waals surface area contributed by atoms with Crippen molar-refractivity contribution in [2.75, 3.05) is 6.54 Å². The lowest BCUT2D eigenvalue weighted by Crippen LogP contribution is -2.12. The van der Waals surface area contributed by atoms with Gasteiger partial charge in [-0.15, -0.1) is 0 Å². The van der Waals surface area contributed by atoms with Crippen LogP contribution in [-0.2, 0) is 0 Å². The molecule has 0 saturated heterocycles. The van der Waals surface area contributed by atoms with E-state index in [0.717, 1.165) is 12.1 Å². The highest BCUT2D eigenvalue weighted by molar-refractivity contribution is 6.21. The Morgan fingerprint density at radius 2 is 1.16 bits per heavy atom. The minimum absolute atomic E-state index is 0.916. The van der Waals surface area contributed by atoms with Gasteiger partial charge in [-0.2, -0.15) is 0 Å². The van der Waals surface area contributed by atoms with Gasteiger partial charge in [-0.1, -0.05) is 127 Å². The molecule has 1 nitrogen and oxygen atoms in total. The molecular formula is C37H31N. The Morgan fingerprint density at radius 3 is 1.61 bits per heavy atom. The van der Waals surface area contributed by atoms with Gasteiger partial charge in [0.25, 0.3) is 0 Å². The average Bonchev–Trinajstić information content (AvgIpc) is 2.97. The van der Waals surface area contributed by atoms with Crippen molar-refractivity contribution >= 4 is 32.7 Å². The van der Waals surface area contributed by atoms with Crippen LogP contribution < -0.4 is 5.32 Å². The van der Waals surface area contributed by atoms with E-state index in [1.807, 2.05) is 6.08 Å². The summed E-state index contributed by atoms with van der Waals surface area (Å²) in [5.41, 5.74) is 11.2. The first-order chi connectivity index (χ1) is 18.7. The predicted molar refractivity (Wildman–Crippen MR) is 166 cm³/mol. The van der Waals surface area contributed by atoms with E-state index in [4.69, 9.17) is 0 Å². The molecule has 5 aromatic rings. The van der Waals surface area contributed by atoms with E-state index in [1.54, 1.807) is 0 Å². The molecule has 6 rings (SSSR count). The summed E-state index contributed by atoms with van der Waals surface area (Å²) in [5, 5.41) is 8.46. The third-order valence-electron chi connectivity index (χ3n) is 7.52. The Bertz CT molecular complexity index is 1700. The number of hydrogen-bond acceptors (Lipinski definition) is 1. The maximum absolute atomic E-state index is 3.97. The normalized spacial score (nSPS) is 13.7. The Balaban J connectivity index is 1.55. The highest BCUT2D eigenvalue weighted by Gasteiger charge is 2.16. The molecular weight excluding hydrogens is 458 g/mol. The molecule has 1 N–H and O–H groups in total. The van der Waals surface area contributed by atoms with Gasteiger partial charge in [0, 0.05) is 12.7 Å². The molecule has 0 aromatic heterocycles. The second kappa shape index (κ2) is 10.0. The standard InChI is InChI=1S/C37H31N/c1-4-26(5-2)27-14-18-29(19-15-27)36-32-10-6-8-12-34(32)37(35-13-9-7-11-33(35)36)30-20-16-28(17-21-30)31-22-25(3)23-38-24-31/h4-22,24,38H,1,23H2,2-3H3/b26-5+. The quantitative estimate of drug-likeness (QED) is 0.191. The van der Waals surface area contributed by atoms with Crippen molar-refractivity contribution in [1.82, 2.24) is 5.32 Å². The van der Waals surface area contributed by atoms with Crippen LogP contribution in [0.2, 0.25) is 0 Å². The van der Waals surface area contributed by atoms with Gasteiger partial charge in [0.15, 0.2) is 0 Å². The van der Waals surface area contributed by atoms with Gasteiger partial charge in [-0.25, -0.2) is 0 Å². The second-order valence-corrected chi connectivity index (χ2v) is 9.92. The molecule has 38 heavy (non-hydrogen) atoms. The molecule has 5 aromatic carbocycles. The fraction of sp³-hybridized carbons (Fsp3) is 0.0811. The number of dihydropyridines is 1. The predicted octanol–water partition coefficient (Wildman–Crippen LogP) is 9.81. The summed E-state index contributed by atoms with van der Waals surface area (Å²) < 4.78 is 0. The maximum Gasteiger partial charge on any atom is 0.0355 e. The van der Waals surface area contributed by atoms with Crippen LogP contribution in [0.4, 0.5) is 0 Å². The zero-order valence-corrected chi connectivity index (χ0v) is 22.0. The Kier molecular flexibility index (Phi) is 6.27. The van der Waals surface area contributed by atoms with Gasteiger partial charge in [-0.3, -0.25) is 0 Å². The Hall–Kier alpha value is -4.62. The third-order valence-corrected chi connectivity index (χ3v) is 7.52. The largest absolute Gasteiger partial charge is 0.387 e. The molecule has 0 unspecified atom stereocenters. The van der Waals surface area contributed by atoms with Gasteiger partial charge < -0.3 is 5.32 Å². The average molecular weight is 490 g/mol. The van der Waals surface area contributed by atoms with Gasteiger partial charge in [-0.05, 0) is 79.9 Å². The second-order valence-electron chi connectivity index (χ2n) is 9.92. The lowest BCUT2D eigenvalue weighted by Gasteiger charge is -2.18. The van der Waals surface area contributed by atoms with Crippen LogP contribution in [0, 0.1) is 0 Å². The third kappa shape index (κ3) is 4.17. The van der Waals surface area contributed by atoms with Crippen LogP contribution in [0.5, 0.6) is 0 Å². The topological polar surface area (TPSA) is 12.0 Å². The molecule has 0 bridgehead atoms. The van der Waals surface area contributed by atoms with Crippen molar-refractivity contribution in [1.29, 1.82) is 0 Å². The van der Waals surface area contributed by atoms with Crippen LogP contribution in [-0.4, -0.2) is 6.54 Å². The maximum atomic E-state index is 3.97. The van der Waals surface area contributed by atoms with Crippen molar-refractivity contribution in [3.8, 4) is 22.3 Å². The van der Waals surface area contributed by atoms with Crippen molar-refractivity contribution in [2.45, 2.75) is 13.8 Å². The molecule has 0 fully saturated rings.